The lowest BCUT2D eigenvalue weighted by Gasteiger charge is -2.10. The van der Waals surface area contributed by atoms with Crippen molar-refractivity contribution in [2.24, 2.45) is 0 Å². The molecule has 0 unspecified atom stereocenters. The van der Waals surface area contributed by atoms with Crippen molar-refractivity contribution in [3.05, 3.63) is 45.9 Å². The van der Waals surface area contributed by atoms with Gasteiger partial charge in [0, 0.05) is 0 Å². The first-order chi connectivity index (χ1) is 10.4. The number of nitrogens with one attached hydrogen (secondary N) is 1. The fourth-order valence-electron chi connectivity index (χ4n) is 1.93. The lowest BCUT2D eigenvalue weighted by molar-refractivity contribution is 0.315. The molecule has 0 atom stereocenters. The number of halogens is 2. The second kappa shape index (κ2) is 5.42. The minimum atomic E-state index is -3.92. The first-order valence-electron chi connectivity index (χ1n) is 6.08. The number of rotatable bonds is 3. The molecule has 9 heteroatoms. The van der Waals surface area contributed by atoms with Crippen LogP contribution in [0, 0.1) is 6.92 Å². The summed E-state index contributed by atoms with van der Waals surface area (Å²) in [6.07, 6.45) is 0. The molecule has 0 aliphatic carbocycles. The van der Waals surface area contributed by atoms with Gasteiger partial charge in [0.25, 0.3) is 10.0 Å². The van der Waals surface area contributed by atoms with Crippen LogP contribution in [0.25, 0.3) is 11.0 Å². The highest BCUT2D eigenvalue weighted by Crippen LogP contribution is 2.30. The van der Waals surface area contributed by atoms with Crippen molar-refractivity contribution in [1.82, 2.24) is 10.3 Å². The predicted molar refractivity (Wildman–Crippen MR) is 83.8 cm³/mol. The summed E-state index contributed by atoms with van der Waals surface area (Å²) in [6, 6.07) is 7.75. The first-order valence-corrected chi connectivity index (χ1v) is 8.32. The van der Waals surface area contributed by atoms with Crippen molar-refractivity contribution >= 4 is 49.9 Å². The molecule has 0 fully saturated rings. The van der Waals surface area contributed by atoms with Crippen molar-refractivity contribution in [2.75, 3.05) is 4.72 Å². The van der Waals surface area contributed by atoms with E-state index in [-0.39, 0.29) is 26.6 Å². The van der Waals surface area contributed by atoms with Gasteiger partial charge >= 0.3 is 0 Å². The highest BCUT2D eigenvalue weighted by atomic mass is 35.5. The number of sulfonamides is 1. The Morgan fingerprint density at radius 2 is 1.77 bits per heavy atom. The van der Waals surface area contributed by atoms with Gasteiger partial charge in [-0.2, -0.15) is 0 Å². The van der Waals surface area contributed by atoms with Crippen LogP contribution in [0.2, 0.25) is 10.0 Å². The number of benzene rings is 2. The molecule has 0 bridgehead atoms. The maximum atomic E-state index is 12.5. The standard InChI is InChI=1S/C13H9Cl2N3O3S/c1-7-2-4-10(9(15)6-7)18-22(19,20)11-5-3-8(14)12-13(11)17-21-16-12/h2-6,18H,1H3. The second-order valence-corrected chi connectivity index (χ2v) is 7.06. The van der Waals surface area contributed by atoms with Crippen LogP contribution in [0.4, 0.5) is 5.69 Å². The largest absolute Gasteiger partial charge is 0.278 e. The topological polar surface area (TPSA) is 85.1 Å². The van der Waals surface area contributed by atoms with E-state index in [2.05, 4.69) is 19.7 Å². The molecule has 1 N–H and O–H groups in total. The molecule has 1 aromatic heterocycles. The Morgan fingerprint density at radius 3 is 2.50 bits per heavy atom. The number of hydrogen-bond donors (Lipinski definition) is 1. The molecule has 3 aromatic rings. The smallest absolute Gasteiger partial charge is 0.264 e. The minimum absolute atomic E-state index is 0.0586. The normalized spacial score (nSPS) is 11.8. The van der Waals surface area contributed by atoms with E-state index in [4.69, 9.17) is 23.2 Å². The summed E-state index contributed by atoms with van der Waals surface area (Å²) in [6.45, 7) is 1.86. The van der Waals surface area contributed by atoms with Crippen LogP contribution in [-0.4, -0.2) is 18.7 Å². The first kappa shape index (κ1) is 15.1. The van der Waals surface area contributed by atoms with Gasteiger partial charge in [-0.1, -0.05) is 29.3 Å². The molecule has 0 saturated heterocycles. The molecule has 0 radical (unpaired) electrons. The van der Waals surface area contributed by atoms with Gasteiger partial charge in [-0.15, -0.1) is 0 Å². The summed E-state index contributed by atoms with van der Waals surface area (Å²) in [7, 11) is -3.92. The van der Waals surface area contributed by atoms with Crippen molar-refractivity contribution in [1.29, 1.82) is 0 Å². The van der Waals surface area contributed by atoms with Crippen LogP contribution < -0.4 is 4.72 Å². The third-order valence-electron chi connectivity index (χ3n) is 2.99. The molecule has 114 valence electrons. The highest BCUT2D eigenvalue weighted by Gasteiger charge is 2.22. The predicted octanol–water partition coefficient (Wildman–Crippen LogP) is 3.64. The Bertz CT molecular complexity index is 970. The summed E-state index contributed by atoms with van der Waals surface area (Å²) < 4.78 is 32.1. The zero-order valence-electron chi connectivity index (χ0n) is 11.2. The van der Waals surface area contributed by atoms with Crippen molar-refractivity contribution in [3.8, 4) is 0 Å². The van der Waals surface area contributed by atoms with Crippen LogP contribution in [0.15, 0.2) is 39.9 Å². The molecular weight excluding hydrogens is 349 g/mol. The number of anilines is 1. The molecule has 3 rings (SSSR count). The SMILES string of the molecule is Cc1ccc(NS(=O)(=O)c2ccc(Cl)c3nonc23)c(Cl)c1. The lowest BCUT2D eigenvalue weighted by Crippen LogP contribution is -2.14. The van der Waals surface area contributed by atoms with Crippen LogP contribution in [0.5, 0.6) is 0 Å². The van der Waals surface area contributed by atoms with Crippen molar-refractivity contribution in [2.45, 2.75) is 11.8 Å². The van der Waals surface area contributed by atoms with Crippen LogP contribution in [0.3, 0.4) is 0 Å². The maximum Gasteiger partial charge on any atom is 0.264 e. The summed E-state index contributed by atoms with van der Waals surface area (Å²) >= 11 is 12.0. The molecule has 6 nitrogen and oxygen atoms in total. The number of hydrogen-bond acceptors (Lipinski definition) is 5. The van der Waals surface area contributed by atoms with Crippen molar-refractivity contribution < 1.29 is 13.0 Å². The van der Waals surface area contributed by atoms with E-state index in [0.717, 1.165) is 5.56 Å². The molecule has 0 aliphatic heterocycles. The summed E-state index contributed by atoms with van der Waals surface area (Å²) in [5, 5.41) is 7.75. The number of fused-ring (bicyclic) bond motifs is 1. The van der Waals surface area contributed by atoms with Gasteiger partial charge in [0.15, 0.2) is 11.0 Å². The Kier molecular flexibility index (Phi) is 3.72. The van der Waals surface area contributed by atoms with E-state index >= 15 is 0 Å². The van der Waals surface area contributed by atoms with Gasteiger partial charge < -0.3 is 0 Å². The highest BCUT2D eigenvalue weighted by molar-refractivity contribution is 7.93. The zero-order valence-corrected chi connectivity index (χ0v) is 13.5. The average molecular weight is 358 g/mol. The third-order valence-corrected chi connectivity index (χ3v) is 5.00. The van der Waals surface area contributed by atoms with E-state index in [0.29, 0.717) is 5.02 Å². The number of aryl methyl sites for hydroxylation is 1. The summed E-state index contributed by atoms with van der Waals surface area (Å²) in [4.78, 5) is -0.0928. The Labute approximate surface area is 136 Å². The van der Waals surface area contributed by atoms with Crippen LogP contribution in [0.1, 0.15) is 5.56 Å². The zero-order chi connectivity index (χ0) is 15.9. The maximum absolute atomic E-state index is 12.5. The minimum Gasteiger partial charge on any atom is -0.278 e. The summed E-state index contributed by atoms with van der Waals surface area (Å²) in [5.41, 5.74) is 1.43. The number of aromatic nitrogens is 2. The second-order valence-electron chi connectivity index (χ2n) is 4.60. The molecule has 1 heterocycles. The van der Waals surface area contributed by atoms with Gasteiger partial charge in [0.05, 0.1) is 15.7 Å². The lowest BCUT2D eigenvalue weighted by atomic mass is 10.2. The molecule has 2 aromatic carbocycles. The fourth-order valence-corrected chi connectivity index (χ4v) is 3.67. The van der Waals surface area contributed by atoms with E-state index in [9.17, 15) is 8.42 Å². The van der Waals surface area contributed by atoms with Crippen LogP contribution >= 0.6 is 23.2 Å². The quantitative estimate of drug-likeness (QED) is 0.773. The molecule has 22 heavy (non-hydrogen) atoms. The Morgan fingerprint density at radius 1 is 1.05 bits per heavy atom. The number of nitrogens with zero attached hydrogens (tertiary/aromatic N) is 2. The third kappa shape index (κ3) is 2.63. The van der Waals surface area contributed by atoms with Crippen molar-refractivity contribution in [3.63, 3.8) is 0 Å². The molecule has 0 amide bonds. The Hall–Kier alpha value is -1.83. The molecule has 0 aliphatic rings. The fraction of sp³-hybridized carbons (Fsp3) is 0.0769. The van der Waals surface area contributed by atoms with E-state index in [1.165, 1.54) is 12.1 Å². The van der Waals surface area contributed by atoms with E-state index in [1.54, 1.807) is 18.2 Å². The van der Waals surface area contributed by atoms with Gasteiger partial charge in [0.1, 0.15) is 4.90 Å². The average Bonchev–Trinajstić information content (AvgIpc) is 2.92. The van der Waals surface area contributed by atoms with Gasteiger partial charge in [-0.25, -0.2) is 13.0 Å². The van der Waals surface area contributed by atoms with Gasteiger partial charge in [-0.05, 0) is 47.1 Å². The molecule has 0 spiro atoms. The van der Waals surface area contributed by atoms with Crippen LogP contribution in [-0.2, 0) is 10.0 Å². The summed E-state index contributed by atoms with van der Waals surface area (Å²) in [5.74, 6) is 0. The molecular formula is C13H9Cl2N3O3S. The van der Waals surface area contributed by atoms with E-state index in [1.807, 2.05) is 6.92 Å². The molecule has 0 saturated carbocycles. The van der Waals surface area contributed by atoms with Gasteiger partial charge in [-0.3, -0.25) is 4.72 Å². The van der Waals surface area contributed by atoms with Gasteiger partial charge in [0.2, 0.25) is 0 Å². The monoisotopic (exact) mass is 357 g/mol. The Balaban J connectivity index is 2.09. The van der Waals surface area contributed by atoms with E-state index < -0.39 is 10.0 Å².